The molecule has 3 rings (SSSR count). The zero-order chi connectivity index (χ0) is 26.1. The van der Waals surface area contributed by atoms with Crippen molar-refractivity contribution in [3.63, 3.8) is 0 Å². The molecule has 0 radical (unpaired) electrons. The predicted molar refractivity (Wildman–Crippen MR) is 140 cm³/mol. The Bertz CT molecular complexity index is 1230. The molecule has 2 amide bonds. The molecule has 0 saturated carbocycles. The zero-order valence-corrected chi connectivity index (χ0v) is 21.3. The minimum Gasteiger partial charge on any atom is -0.496 e. The third kappa shape index (κ3) is 6.48. The van der Waals surface area contributed by atoms with E-state index < -0.39 is 17.9 Å². The highest BCUT2D eigenvalue weighted by molar-refractivity contribution is 6.39. The normalized spacial score (nSPS) is 11.2. The Labute approximate surface area is 219 Å². The van der Waals surface area contributed by atoms with E-state index in [1.165, 1.54) is 0 Å². The number of nitrogens with zero attached hydrogens (tertiary/aromatic N) is 1. The second kappa shape index (κ2) is 12.8. The van der Waals surface area contributed by atoms with Gasteiger partial charge < -0.3 is 20.1 Å². The summed E-state index contributed by atoms with van der Waals surface area (Å²) < 4.78 is 11.0. The quantitative estimate of drug-likeness (QED) is 0.360. The zero-order valence-electron chi connectivity index (χ0n) is 19.8. The van der Waals surface area contributed by atoms with Crippen molar-refractivity contribution in [2.75, 3.05) is 20.8 Å². The molecular formula is C27H25Cl2N3O4. The Kier molecular flexibility index (Phi) is 9.57. The van der Waals surface area contributed by atoms with Gasteiger partial charge in [-0.1, -0.05) is 59.6 Å². The lowest BCUT2D eigenvalue weighted by Gasteiger charge is -2.20. The maximum Gasteiger partial charge on any atom is 0.254 e. The van der Waals surface area contributed by atoms with Gasteiger partial charge in [-0.25, -0.2) is 0 Å². The van der Waals surface area contributed by atoms with Gasteiger partial charge in [0.2, 0.25) is 5.91 Å². The van der Waals surface area contributed by atoms with E-state index in [4.69, 9.17) is 37.9 Å². The van der Waals surface area contributed by atoms with Crippen molar-refractivity contribution in [1.29, 1.82) is 5.26 Å². The molecule has 0 saturated heterocycles. The third-order valence-corrected chi connectivity index (χ3v) is 6.09. The van der Waals surface area contributed by atoms with Gasteiger partial charge in [-0.05, 0) is 35.4 Å². The maximum absolute atomic E-state index is 13.0. The lowest BCUT2D eigenvalue weighted by molar-refractivity contribution is -0.122. The molecule has 1 atom stereocenters. The molecule has 7 nitrogen and oxygen atoms in total. The average molecular weight is 526 g/mol. The summed E-state index contributed by atoms with van der Waals surface area (Å²) >= 11 is 12.3. The fourth-order valence-electron chi connectivity index (χ4n) is 3.70. The highest BCUT2D eigenvalue weighted by Crippen LogP contribution is 2.38. The minimum atomic E-state index is -0.921. The highest BCUT2D eigenvalue weighted by Gasteiger charge is 2.24. The number of ether oxygens (including phenoxy) is 2. The molecule has 0 bridgehead atoms. The van der Waals surface area contributed by atoms with Crippen molar-refractivity contribution in [2.24, 2.45) is 0 Å². The second-order valence-electron chi connectivity index (χ2n) is 7.76. The fraction of sp³-hybridized carbons (Fsp3) is 0.222. The van der Waals surface area contributed by atoms with Crippen molar-refractivity contribution in [1.82, 2.24) is 10.6 Å². The second-order valence-corrected chi connectivity index (χ2v) is 8.57. The summed E-state index contributed by atoms with van der Waals surface area (Å²) in [6.45, 7) is 0.168. The van der Waals surface area contributed by atoms with E-state index in [-0.39, 0.29) is 35.0 Å². The van der Waals surface area contributed by atoms with E-state index >= 15 is 0 Å². The molecular weight excluding hydrogens is 501 g/mol. The number of amides is 2. The Balaban J connectivity index is 1.86. The fourth-order valence-corrected chi connectivity index (χ4v) is 4.27. The van der Waals surface area contributed by atoms with Crippen molar-refractivity contribution >= 4 is 35.0 Å². The molecule has 0 aliphatic heterocycles. The lowest BCUT2D eigenvalue weighted by Crippen LogP contribution is -2.48. The third-order valence-electron chi connectivity index (χ3n) is 5.46. The molecule has 2 N–H and O–H groups in total. The Hall–Kier alpha value is -3.73. The van der Waals surface area contributed by atoms with Crippen LogP contribution < -0.4 is 20.1 Å². The number of nitriles is 1. The number of carbonyl (C=O) groups is 2. The largest absolute Gasteiger partial charge is 0.496 e. The summed E-state index contributed by atoms with van der Waals surface area (Å²) in [4.78, 5) is 25.8. The van der Waals surface area contributed by atoms with Gasteiger partial charge in [0.1, 0.15) is 17.5 Å². The molecule has 0 unspecified atom stereocenters. The summed E-state index contributed by atoms with van der Waals surface area (Å²) in [5.74, 6) is 0.347. The first kappa shape index (κ1) is 26.9. The molecule has 0 fully saturated rings. The van der Waals surface area contributed by atoms with Crippen molar-refractivity contribution in [2.45, 2.75) is 18.9 Å². The van der Waals surface area contributed by atoms with Crippen LogP contribution in [-0.2, 0) is 11.2 Å². The summed E-state index contributed by atoms with van der Waals surface area (Å²) in [5, 5.41) is 14.6. The molecule has 36 heavy (non-hydrogen) atoms. The highest BCUT2D eigenvalue weighted by atomic mass is 35.5. The number of carbonyl (C=O) groups excluding carboxylic acids is 2. The summed E-state index contributed by atoms with van der Waals surface area (Å²) in [5.41, 5.74) is 2.57. The minimum absolute atomic E-state index is 0.0919. The number of hydrogen-bond acceptors (Lipinski definition) is 5. The van der Waals surface area contributed by atoms with Crippen LogP contribution in [-0.4, -0.2) is 38.6 Å². The number of nitrogens with one attached hydrogen (secondary N) is 2. The van der Waals surface area contributed by atoms with Gasteiger partial charge in [0.05, 0.1) is 47.9 Å². The number of methoxy groups -OCH3 is 2. The number of rotatable bonds is 10. The number of halogens is 2. The number of hydrogen-bond donors (Lipinski definition) is 2. The smallest absolute Gasteiger partial charge is 0.254 e. The standard InChI is InChI=1S/C27H25Cl2N3O4/c1-35-22-8-4-9-23(36-2)24(22)18-12-10-17(11-13-18)16-21(26(33)31-15-5-14-30)32-27(34)25-19(28)6-3-7-20(25)29/h3-4,6-13,21H,5,15-16H2,1-2H3,(H,31,33)(H,32,34)/t21-/m0/s1. The van der Waals surface area contributed by atoms with Crippen LogP contribution in [0.4, 0.5) is 0 Å². The molecule has 186 valence electrons. The number of benzene rings is 3. The predicted octanol–water partition coefficient (Wildman–Crippen LogP) is 5.05. The first-order chi connectivity index (χ1) is 17.4. The Morgan fingerprint density at radius 2 is 1.53 bits per heavy atom. The maximum atomic E-state index is 13.0. The summed E-state index contributed by atoms with van der Waals surface area (Å²) in [7, 11) is 3.19. The van der Waals surface area contributed by atoms with Gasteiger partial charge in [-0.15, -0.1) is 0 Å². The van der Waals surface area contributed by atoms with Crippen LogP contribution in [0.5, 0.6) is 11.5 Å². The van der Waals surface area contributed by atoms with E-state index in [0.717, 1.165) is 16.7 Å². The van der Waals surface area contributed by atoms with Crippen molar-refractivity contribution in [3.05, 3.63) is 81.8 Å². The monoisotopic (exact) mass is 525 g/mol. The van der Waals surface area contributed by atoms with Gasteiger partial charge in [0.15, 0.2) is 0 Å². The molecule has 9 heteroatoms. The first-order valence-corrected chi connectivity index (χ1v) is 11.8. The molecule has 3 aromatic rings. The van der Waals surface area contributed by atoms with E-state index in [2.05, 4.69) is 10.6 Å². The first-order valence-electron chi connectivity index (χ1n) is 11.1. The van der Waals surface area contributed by atoms with Gasteiger partial charge >= 0.3 is 0 Å². The van der Waals surface area contributed by atoms with E-state index in [9.17, 15) is 9.59 Å². The van der Waals surface area contributed by atoms with Crippen LogP contribution in [0.2, 0.25) is 10.0 Å². The molecule has 0 heterocycles. The van der Waals surface area contributed by atoms with Crippen LogP contribution in [0.15, 0.2) is 60.7 Å². The molecule has 0 aliphatic carbocycles. The topological polar surface area (TPSA) is 100 Å². The van der Waals surface area contributed by atoms with Crippen LogP contribution in [0.25, 0.3) is 11.1 Å². The van der Waals surface area contributed by atoms with Crippen LogP contribution in [0.3, 0.4) is 0 Å². The van der Waals surface area contributed by atoms with Gasteiger partial charge in [-0.3, -0.25) is 9.59 Å². The Morgan fingerprint density at radius 3 is 2.08 bits per heavy atom. The van der Waals surface area contributed by atoms with E-state index in [1.807, 2.05) is 48.5 Å². The van der Waals surface area contributed by atoms with Crippen LogP contribution >= 0.6 is 23.2 Å². The van der Waals surface area contributed by atoms with Gasteiger partial charge in [0.25, 0.3) is 5.91 Å². The summed E-state index contributed by atoms with van der Waals surface area (Å²) in [6.07, 6.45) is 0.355. The molecule has 0 spiro atoms. The van der Waals surface area contributed by atoms with Crippen molar-refractivity contribution in [3.8, 4) is 28.7 Å². The van der Waals surface area contributed by atoms with Gasteiger partial charge in [0, 0.05) is 13.0 Å². The lowest BCUT2D eigenvalue weighted by atomic mass is 9.98. The van der Waals surface area contributed by atoms with Crippen LogP contribution in [0.1, 0.15) is 22.3 Å². The van der Waals surface area contributed by atoms with Crippen LogP contribution in [0, 0.1) is 11.3 Å². The molecule has 0 aromatic heterocycles. The average Bonchev–Trinajstić information content (AvgIpc) is 2.88. The SMILES string of the molecule is COc1cccc(OC)c1-c1ccc(C[C@H](NC(=O)c2c(Cl)cccc2Cl)C(=O)NCCC#N)cc1. The van der Waals surface area contributed by atoms with Crippen molar-refractivity contribution < 1.29 is 19.1 Å². The van der Waals surface area contributed by atoms with E-state index in [1.54, 1.807) is 32.4 Å². The summed E-state index contributed by atoms with van der Waals surface area (Å²) in [6, 6.07) is 18.9. The molecule has 0 aliphatic rings. The Morgan fingerprint density at radius 1 is 0.944 bits per heavy atom. The van der Waals surface area contributed by atoms with Gasteiger partial charge in [-0.2, -0.15) is 5.26 Å². The molecule has 3 aromatic carbocycles. The van der Waals surface area contributed by atoms with E-state index in [0.29, 0.717) is 11.5 Å².